The van der Waals surface area contributed by atoms with E-state index >= 15 is 0 Å². The highest BCUT2D eigenvalue weighted by atomic mass is 32.2. The van der Waals surface area contributed by atoms with E-state index in [0.29, 0.717) is 11.4 Å². The minimum Gasteiger partial charge on any atom is -0.497 e. The molecule has 7 nitrogen and oxygen atoms in total. The molecule has 4 rings (SSSR count). The lowest BCUT2D eigenvalue weighted by Crippen LogP contribution is -2.41. The molecule has 0 spiro atoms. The van der Waals surface area contributed by atoms with Gasteiger partial charge in [-0.1, -0.05) is 54.6 Å². The fourth-order valence-electron chi connectivity index (χ4n) is 3.64. The molecule has 1 N–H and O–H groups in total. The van der Waals surface area contributed by atoms with Crippen LogP contribution in [0, 0.1) is 0 Å². The summed E-state index contributed by atoms with van der Waals surface area (Å²) in [5.74, 6) is 0.831. The van der Waals surface area contributed by atoms with Gasteiger partial charge in [-0.2, -0.15) is 0 Å². The van der Waals surface area contributed by atoms with Crippen molar-refractivity contribution in [1.29, 1.82) is 0 Å². The van der Waals surface area contributed by atoms with E-state index in [4.69, 9.17) is 9.47 Å². The highest BCUT2D eigenvalue weighted by Crippen LogP contribution is 2.26. The molecule has 4 aromatic rings. The molecule has 8 heteroatoms. The molecule has 0 fully saturated rings. The number of para-hydroxylation sites is 1. The van der Waals surface area contributed by atoms with Crippen LogP contribution in [0.15, 0.2) is 102 Å². The predicted molar refractivity (Wildman–Crippen MR) is 136 cm³/mol. The molecule has 35 heavy (non-hydrogen) atoms. The fourth-order valence-corrected chi connectivity index (χ4v) is 5.06. The zero-order valence-electron chi connectivity index (χ0n) is 19.3. The maximum Gasteiger partial charge on any atom is 0.264 e. The average Bonchev–Trinajstić information content (AvgIpc) is 2.90. The Labute approximate surface area is 205 Å². The SMILES string of the molecule is COc1ccc(S(=O)(=O)N(CC(=O)NCCOc2cccc3ccccc23)c2ccccc2)cc1. The third-order valence-corrected chi connectivity index (χ3v) is 7.20. The summed E-state index contributed by atoms with van der Waals surface area (Å²) in [7, 11) is -2.48. The van der Waals surface area contributed by atoms with E-state index in [9.17, 15) is 13.2 Å². The number of hydrogen-bond donors (Lipinski definition) is 1. The number of ether oxygens (including phenoxy) is 2. The van der Waals surface area contributed by atoms with E-state index in [1.54, 1.807) is 42.5 Å². The van der Waals surface area contributed by atoms with Crippen LogP contribution in [0.1, 0.15) is 0 Å². The number of rotatable bonds is 10. The van der Waals surface area contributed by atoms with Crippen molar-refractivity contribution < 1.29 is 22.7 Å². The number of nitrogens with zero attached hydrogens (tertiary/aromatic N) is 1. The molecule has 1 amide bonds. The summed E-state index contributed by atoms with van der Waals surface area (Å²) in [6.07, 6.45) is 0. The summed E-state index contributed by atoms with van der Waals surface area (Å²) in [6.45, 7) is 0.107. The van der Waals surface area contributed by atoms with Gasteiger partial charge in [0.2, 0.25) is 5.91 Å². The summed E-state index contributed by atoms with van der Waals surface area (Å²) in [6, 6.07) is 28.3. The number of amides is 1. The van der Waals surface area contributed by atoms with Gasteiger partial charge in [0.1, 0.15) is 24.7 Å². The fraction of sp³-hybridized carbons (Fsp3) is 0.148. The Kier molecular flexibility index (Phi) is 7.52. The van der Waals surface area contributed by atoms with Crippen molar-refractivity contribution in [3.05, 3.63) is 97.1 Å². The van der Waals surface area contributed by atoms with Gasteiger partial charge in [0.25, 0.3) is 10.0 Å². The van der Waals surface area contributed by atoms with Crippen LogP contribution >= 0.6 is 0 Å². The van der Waals surface area contributed by atoms with Gasteiger partial charge in [0, 0.05) is 5.39 Å². The molecule has 180 valence electrons. The van der Waals surface area contributed by atoms with E-state index in [1.807, 2.05) is 42.5 Å². The van der Waals surface area contributed by atoms with Crippen LogP contribution in [-0.4, -0.2) is 41.1 Å². The maximum atomic E-state index is 13.4. The van der Waals surface area contributed by atoms with Crippen LogP contribution in [0.3, 0.4) is 0 Å². The van der Waals surface area contributed by atoms with Crippen LogP contribution in [-0.2, 0) is 14.8 Å². The Morgan fingerprint density at radius 2 is 1.54 bits per heavy atom. The average molecular weight is 491 g/mol. The standard InChI is InChI=1S/C27H26N2O5S/c1-33-23-14-16-24(17-15-23)35(31,32)29(22-10-3-2-4-11-22)20-27(30)28-18-19-34-26-13-7-9-21-8-5-6-12-25(21)26/h2-17H,18-20H2,1H3,(H,28,30). The Bertz CT molecular complexity index is 1390. The highest BCUT2D eigenvalue weighted by molar-refractivity contribution is 7.92. The lowest BCUT2D eigenvalue weighted by atomic mass is 10.1. The van der Waals surface area contributed by atoms with Gasteiger partial charge in [-0.15, -0.1) is 0 Å². The number of benzene rings is 4. The summed E-state index contributed by atoms with van der Waals surface area (Å²) < 4.78 is 38.8. The van der Waals surface area contributed by atoms with Crippen molar-refractivity contribution in [2.24, 2.45) is 0 Å². The minimum absolute atomic E-state index is 0.0641. The quantitative estimate of drug-likeness (QED) is 0.336. The number of anilines is 1. The number of hydrogen-bond acceptors (Lipinski definition) is 5. The third kappa shape index (κ3) is 5.73. The summed E-state index contributed by atoms with van der Waals surface area (Å²) in [4.78, 5) is 12.8. The van der Waals surface area contributed by atoms with Gasteiger partial charge in [0.05, 0.1) is 24.2 Å². The molecule has 0 radical (unpaired) electrons. The molecule has 0 aromatic heterocycles. The second kappa shape index (κ2) is 10.9. The van der Waals surface area contributed by atoms with Gasteiger partial charge in [0.15, 0.2) is 0 Å². The van der Waals surface area contributed by atoms with Crippen molar-refractivity contribution in [2.45, 2.75) is 4.90 Å². The van der Waals surface area contributed by atoms with Crippen molar-refractivity contribution >= 4 is 32.4 Å². The predicted octanol–water partition coefficient (Wildman–Crippen LogP) is 4.24. The second-order valence-electron chi connectivity index (χ2n) is 7.70. The number of carbonyl (C=O) groups excluding carboxylic acids is 1. The number of methoxy groups -OCH3 is 1. The van der Waals surface area contributed by atoms with Crippen molar-refractivity contribution in [3.63, 3.8) is 0 Å². The first kappa shape index (κ1) is 24.1. The van der Waals surface area contributed by atoms with Crippen LogP contribution in [0.25, 0.3) is 10.8 Å². The van der Waals surface area contributed by atoms with Gasteiger partial charge in [-0.25, -0.2) is 8.42 Å². The molecule has 0 atom stereocenters. The molecule has 0 heterocycles. The smallest absolute Gasteiger partial charge is 0.264 e. The Balaban J connectivity index is 1.43. The number of carbonyl (C=O) groups is 1. The second-order valence-corrected chi connectivity index (χ2v) is 9.56. The van der Waals surface area contributed by atoms with Crippen LogP contribution in [0.4, 0.5) is 5.69 Å². The van der Waals surface area contributed by atoms with Gasteiger partial charge >= 0.3 is 0 Å². The highest BCUT2D eigenvalue weighted by Gasteiger charge is 2.27. The van der Waals surface area contributed by atoms with E-state index in [0.717, 1.165) is 20.8 Å². The lowest BCUT2D eigenvalue weighted by molar-refractivity contribution is -0.119. The third-order valence-electron chi connectivity index (χ3n) is 5.41. The molecule has 0 bridgehead atoms. The Morgan fingerprint density at radius 3 is 2.29 bits per heavy atom. The van der Waals surface area contributed by atoms with Crippen molar-refractivity contribution in [3.8, 4) is 11.5 Å². The Hall–Kier alpha value is -4.04. The van der Waals surface area contributed by atoms with Crippen molar-refractivity contribution in [1.82, 2.24) is 5.32 Å². The van der Waals surface area contributed by atoms with E-state index < -0.39 is 15.9 Å². The first-order valence-corrected chi connectivity index (χ1v) is 12.5. The number of fused-ring (bicyclic) bond motifs is 1. The largest absolute Gasteiger partial charge is 0.497 e. The normalized spacial score (nSPS) is 11.1. The van der Waals surface area contributed by atoms with E-state index in [2.05, 4.69) is 5.32 Å². The Morgan fingerprint density at radius 1 is 0.857 bits per heavy atom. The monoisotopic (exact) mass is 490 g/mol. The number of nitrogens with one attached hydrogen (secondary N) is 1. The number of sulfonamides is 1. The molecule has 0 aliphatic rings. The van der Waals surface area contributed by atoms with Gasteiger partial charge < -0.3 is 14.8 Å². The van der Waals surface area contributed by atoms with E-state index in [-0.39, 0.29) is 24.6 Å². The first-order valence-electron chi connectivity index (χ1n) is 11.1. The molecular weight excluding hydrogens is 464 g/mol. The zero-order valence-corrected chi connectivity index (χ0v) is 20.1. The molecule has 0 saturated heterocycles. The minimum atomic E-state index is -3.99. The lowest BCUT2D eigenvalue weighted by Gasteiger charge is -2.24. The molecule has 0 aliphatic carbocycles. The van der Waals surface area contributed by atoms with Crippen LogP contribution in [0.5, 0.6) is 11.5 Å². The van der Waals surface area contributed by atoms with Gasteiger partial charge in [-0.05, 0) is 47.9 Å². The van der Waals surface area contributed by atoms with Crippen LogP contribution in [0.2, 0.25) is 0 Å². The summed E-state index contributed by atoms with van der Waals surface area (Å²) in [5, 5.41) is 4.81. The molecule has 0 aliphatic heterocycles. The van der Waals surface area contributed by atoms with Gasteiger partial charge in [-0.3, -0.25) is 9.10 Å². The first-order chi connectivity index (χ1) is 17.0. The summed E-state index contributed by atoms with van der Waals surface area (Å²) >= 11 is 0. The maximum absolute atomic E-state index is 13.4. The van der Waals surface area contributed by atoms with Crippen LogP contribution < -0.4 is 19.1 Å². The van der Waals surface area contributed by atoms with Crippen molar-refractivity contribution in [2.75, 3.05) is 31.1 Å². The molecule has 0 unspecified atom stereocenters. The molecular formula is C27H26N2O5S. The summed E-state index contributed by atoms with van der Waals surface area (Å²) in [5.41, 5.74) is 0.394. The topological polar surface area (TPSA) is 84.9 Å². The van der Waals surface area contributed by atoms with E-state index in [1.165, 1.54) is 19.2 Å². The molecule has 0 saturated carbocycles. The molecule has 4 aromatic carbocycles. The zero-order chi connectivity index (χ0) is 24.7.